The molecule has 0 aromatic heterocycles. The molecule has 2 heterocycles. The Morgan fingerprint density at radius 3 is 2.57 bits per heavy atom. The average molecular weight is 432 g/mol. The van der Waals surface area contributed by atoms with E-state index in [4.69, 9.17) is 0 Å². The van der Waals surface area contributed by atoms with Gasteiger partial charge in [0, 0.05) is 38.3 Å². The summed E-state index contributed by atoms with van der Waals surface area (Å²) in [7, 11) is -3.64. The number of carbonyl (C=O) groups is 1. The summed E-state index contributed by atoms with van der Waals surface area (Å²) in [6.45, 7) is 5.62. The molecule has 4 rings (SSSR count). The summed E-state index contributed by atoms with van der Waals surface area (Å²) in [5.74, 6) is -0.319. The Kier molecular flexibility index (Phi) is 5.65. The number of nitrogens with zero attached hydrogens (tertiary/aromatic N) is 3. The highest BCUT2D eigenvalue weighted by Gasteiger charge is 2.33. The van der Waals surface area contributed by atoms with E-state index in [-0.39, 0.29) is 22.7 Å². The van der Waals surface area contributed by atoms with Crippen LogP contribution in [0, 0.1) is 5.82 Å². The lowest BCUT2D eigenvalue weighted by molar-refractivity contribution is -0.116. The van der Waals surface area contributed by atoms with Crippen LogP contribution >= 0.6 is 0 Å². The number of hydrogen-bond donors (Lipinski definition) is 0. The topological polar surface area (TPSA) is 60.9 Å². The van der Waals surface area contributed by atoms with Gasteiger partial charge in [-0.1, -0.05) is 12.1 Å². The lowest BCUT2D eigenvalue weighted by atomic mass is 10.1. The zero-order valence-corrected chi connectivity index (χ0v) is 18.0. The molecule has 160 valence electrons. The van der Waals surface area contributed by atoms with Crippen molar-refractivity contribution < 1.29 is 17.6 Å². The van der Waals surface area contributed by atoms with Crippen LogP contribution in [0.4, 0.5) is 10.1 Å². The molecule has 1 atom stereocenters. The molecule has 0 radical (unpaired) electrons. The Morgan fingerprint density at radius 2 is 1.87 bits per heavy atom. The molecular formula is C22H26FN3O3S. The number of halogens is 1. The summed E-state index contributed by atoms with van der Waals surface area (Å²) in [5, 5.41) is 0. The van der Waals surface area contributed by atoms with E-state index >= 15 is 0 Å². The van der Waals surface area contributed by atoms with Crippen LogP contribution in [0.15, 0.2) is 47.4 Å². The SMILES string of the molecule is CC(=O)N1c2ccc(S(=O)(=O)N3CCCN(Cc4ccc(F)cc4)C3)cc2CC1C. The van der Waals surface area contributed by atoms with Crippen molar-refractivity contribution in [2.45, 2.75) is 44.2 Å². The van der Waals surface area contributed by atoms with E-state index in [9.17, 15) is 17.6 Å². The fourth-order valence-electron chi connectivity index (χ4n) is 4.41. The van der Waals surface area contributed by atoms with Crippen molar-refractivity contribution in [1.82, 2.24) is 9.21 Å². The zero-order valence-electron chi connectivity index (χ0n) is 17.2. The lowest BCUT2D eigenvalue weighted by Crippen LogP contribution is -2.47. The summed E-state index contributed by atoms with van der Waals surface area (Å²) >= 11 is 0. The number of anilines is 1. The van der Waals surface area contributed by atoms with Crippen LogP contribution in [0.25, 0.3) is 0 Å². The minimum absolute atomic E-state index is 0.0247. The Morgan fingerprint density at radius 1 is 1.13 bits per heavy atom. The number of sulfonamides is 1. The molecule has 2 aromatic carbocycles. The summed E-state index contributed by atoms with van der Waals surface area (Å²) < 4.78 is 41.2. The van der Waals surface area contributed by atoms with Gasteiger partial charge in [-0.15, -0.1) is 0 Å². The van der Waals surface area contributed by atoms with E-state index in [2.05, 4.69) is 4.90 Å². The second-order valence-electron chi connectivity index (χ2n) is 8.09. The number of carbonyl (C=O) groups excluding carboxylic acids is 1. The maximum absolute atomic E-state index is 13.3. The Bertz CT molecular complexity index is 1060. The molecular weight excluding hydrogens is 405 g/mol. The first-order valence-electron chi connectivity index (χ1n) is 10.2. The molecule has 2 aliphatic rings. The van der Waals surface area contributed by atoms with Crippen molar-refractivity contribution in [3.05, 3.63) is 59.4 Å². The van der Waals surface area contributed by atoms with Gasteiger partial charge >= 0.3 is 0 Å². The van der Waals surface area contributed by atoms with Gasteiger partial charge in [-0.05, 0) is 61.2 Å². The van der Waals surface area contributed by atoms with Gasteiger partial charge < -0.3 is 4.90 Å². The summed E-state index contributed by atoms with van der Waals surface area (Å²) in [6.07, 6.45) is 1.38. The second-order valence-corrected chi connectivity index (χ2v) is 10.0. The van der Waals surface area contributed by atoms with Gasteiger partial charge in [0.2, 0.25) is 15.9 Å². The summed E-state index contributed by atoms with van der Waals surface area (Å²) in [5.41, 5.74) is 2.64. The van der Waals surface area contributed by atoms with Crippen molar-refractivity contribution in [3.8, 4) is 0 Å². The van der Waals surface area contributed by atoms with Crippen molar-refractivity contribution in [2.24, 2.45) is 0 Å². The third-order valence-electron chi connectivity index (χ3n) is 5.80. The van der Waals surface area contributed by atoms with Gasteiger partial charge in [0.05, 0.1) is 11.6 Å². The molecule has 1 fully saturated rings. The first-order valence-corrected chi connectivity index (χ1v) is 11.6. The van der Waals surface area contributed by atoms with Crippen molar-refractivity contribution in [2.75, 3.05) is 24.7 Å². The van der Waals surface area contributed by atoms with Crippen molar-refractivity contribution >= 4 is 21.6 Å². The van der Waals surface area contributed by atoms with Crippen molar-refractivity contribution in [1.29, 1.82) is 0 Å². The van der Waals surface area contributed by atoms with E-state index in [1.165, 1.54) is 23.4 Å². The second kappa shape index (κ2) is 8.09. The number of amides is 1. The summed E-state index contributed by atoms with van der Waals surface area (Å²) in [4.78, 5) is 16.0. The molecule has 6 nitrogen and oxygen atoms in total. The van der Waals surface area contributed by atoms with Gasteiger partial charge in [-0.25, -0.2) is 12.8 Å². The molecule has 2 aliphatic heterocycles. The Hall–Kier alpha value is -2.29. The Balaban J connectivity index is 1.53. The largest absolute Gasteiger partial charge is 0.309 e. The number of fused-ring (bicyclic) bond motifs is 1. The van der Waals surface area contributed by atoms with Crippen LogP contribution in [0.1, 0.15) is 31.4 Å². The van der Waals surface area contributed by atoms with Gasteiger partial charge in [0.25, 0.3) is 0 Å². The maximum Gasteiger partial charge on any atom is 0.244 e. The third-order valence-corrected chi connectivity index (χ3v) is 7.63. The van der Waals surface area contributed by atoms with E-state index in [0.29, 0.717) is 26.2 Å². The van der Waals surface area contributed by atoms with Gasteiger partial charge in [-0.2, -0.15) is 4.31 Å². The van der Waals surface area contributed by atoms with E-state index in [1.807, 2.05) is 6.92 Å². The van der Waals surface area contributed by atoms with Gasteiger partial charge in [0.15, 0.2) is 0 Å². The maximum atomic E-state index is 13.3. The molecule has 30 heavy (non-hydrogen) atoms. The fraction of sp³-hybridized carbons (Fsp3) is 0.409. The predicted molar refractivity (Wildman–Crippen MR) is 113 cm³/mol. The quantitative estimate of drug-likeness (QED) is 0.747. The van der Waals surface area contributed by atoms with Gasteiger partial charge in [0.1, 0.15) is 5.82 Å². The number of hydrogen-bond acceptors (Lipinski definition) is 4. The first kappa shape index (κ1) is 21.0. The first-order chi connectivity index (χ1) is 14.3. The molecule has 0 aliphatic carbocycles. The number of rotatable bonds is 4. The van der Waals surface area contributed by atoms with Crippen LogP contribution in [0.5, 0.6) is 0 Å². The van der Waals surface area contributed by atoms with Crippen LogP contribution in [0.3, 0.4) is 0 Å². The molecule has 1 saturated heterocycles. The molecule has 2 aromatic rings. The predicted octanol–water partition coefficient (Wildman–Crippen LogP) is 2.98. The highest BCUT2D eigenvalue weighted by molar-refractivity contribution is 7.89. The van der Waals surface area contributed by atoms with Crippen LogP contribution < -0.4 is 4.90 Å². The molecule has 1 unspecified atom stereocenters. The number of benzene rings is 2. The van der Waals surface area contributed by atoms with E-state index in [1.54, 1.807) is 35.2 Å². The van der Waals surface area contributed by atoms with E-state index in [0.717, 1.165) is 29.8 Å². The summed E-state index contributed by atoms with van der Waals surface area (Å²) in [6, 6.07) is 11.4. The standard InChI is InChI=1S/C22H26FN3O3S/c1-16-12-19-13-21(8-9-22(19)26(16)17(2)27)30(28,29)25-11-3-10-24(15-25)14-18-4-6-20(23)7-5-18/h4-9,13,16H,3,10-12,14-15H2,1-2H3. The highest BCUT2D eigenvalue weighted by atomic mass is 32.2. The lowest BCUT2D eigenvalue weighted by Gasteiger charge is -2.35. The fourth-order valence-corrected chi connectivity index (χ4v) is 5.92. The Labute approximate surface area is 176 Å². The molecule has 0 bridgehead atoms. The molecule has 0 spiro atoms. The molecule has 0 saturated carbocycles. The minimum atomic E-state index is -3.64. The smallest absolute Gasteiger partial charge is 0.244 e. The van der Waals surface area contributed by atoms with Gasteiger partial charge in [-0.3, -0.25) is 9.69 Å². The monoisotopic (exact) mass is 431 g/mol. The normalized spacial score (nSPS) is 20.4. The third kappa shape index (κ3) is 3.99. The molecule has 1 amide bonds. The van der Waals surface area contributed by atoms with Crippen molar-refractivity contribution in [3.63, 3.8) is 0 Å². The minimum Gasteiger partial charge on any atom is -0.309 e. The highest BCUT2D eigenvalue weighted by Crippen LogP contribution is 2.34. The van der Waals surface area contributed by atoms with Crippen LogP contribution in [-0.2, 0) is 27.8 Å². The van der Waals surface area contributed by atoms with Crippen LogP contribution in [-0.4, -0.2) is 49.3 Å². The van der Waals surface area contributed by atoms with E-state index < -0.39 is 10.0 Å². The average Bonchev–Trinajstić information content (AvgIpc) is 3.05. The molecule has 8 heteroatoms. The van der Waals surface area contributed by atoms with Crippen LogP contribution in [0.2, 0.25) is 0 Å². The molecule has 0 N–H and O–H groups in total. The zero-order chi connectivity index (χ0) is 21.5.